The van der Waals surface area contributed by atoms with Gasteiger partial charge in [0.05, 0.1) is 0 Å². The third-order valence-corrected chi connectivity index (χ3v) is 4.42. The smallest absolute Gasteiger partial charge is 0.0469 e. The van der Waals surface area contributed by atoms with Gasteiger partial charge < -0.3 is 10.1 Å². The number of thiophene rings is 1. The lowest BCUT2D eigenvalue weighted by molar-refractivity contribution is 0.0656. The minimum atomic E-state index is 0.488. The maximum Gasteiger partial charge on any atom is 0.0469 e. The van der Waals surface area contributed by atoms with Crippen molar-refractivity contribution in [1.29, 1.82) is 0 Å². The second kappa shape index (κ2) is 5.80. The molecular weight excluding hydrogens is 218 g/mol. The van der Waals surface area contributed by atoms with Crippen LogP contribution in [0.25, 0.3) is 0 Å². The molecule has 1 N–H and O–H groups in total. The summed E-state index contributed by atoms with van der Waals surface area (Å²) in [4.78, 5) is 2.85. The minimum Gasteiger partial charge on any atom is -0.381 e. The molecule has 0 radical (unpaired) electrons. The molecule has 1 aromatic heterocycles. The van der Waals surface area contributed by atoms with Crippen LogP contribution in [0.4, 0.5) is 0 Å². The molecule has 3 heteroatoms. The number of rotatable bonds is 4. The Morgan fingerprint density at radius 1 is 1.44 bits per heavy atom. The van der Waals surface area contributed by atoms with Gasteiger partial charge in [0.15, 0.2) is 0 Å². The van der Waals surface area contributed by atoms with Crippen molar-refractivity contribution in [3.05, 3.63) is 21.9 Å². The van der Waals surface area contributed by atoms with Crippen molar-refractivity contribution >= 4 is 11.3 Å². The molecule has 0 bridgehead atoms. The van der Waals surface area contributed by atoms with E-state index in [0.29, 0.717) is 6.04 Å². The third kappa shape index (κ3) is 3.30. The van der Waals surface area contributed by atoms with E-state index in [2.05, 4.69) is 31.3 Å². The van der Waals surface area contributed by atoms with Crippen LogP contribution < -0.4 is 5.32 Å². The first-order chi connectivity index (χ1) is 7.75. The Morgan fingerprint density at radius 2 is 2.19 bits per heavy atom. The molecule has 1 aromatic rings. The van der Waals surface area contributed by atoms with Gasteiger partial charge in [0.2, 0.25) is 0 Å². The molecule has 1 fully saturated rings. The number of ether oxygens (including phenoxy) is 1. The van der Waals surface area contributed by atoms with Crippen molar-refractivity contribution in [2.75, 3.05) is 19.8 Å². The lowest BCUT2D eigenvalue weighted by Gasteiger charge is -2.24. The predicted molar refractivity (Wildman–Crippen MR) is 69.0 cm³/mol. The Hall–Kier alpha value is -0.380. The van der Waals surface area contributed by atoms with Crippen molar-refractivity contribution in [2.24, 2.45) is 5.92 Å². The normalized spacial score (nSPS) is 19.9. The maximum absolute atomic E-state index is 5.37. The Balaban J connectivity index is 1.76. The zero-order valence-corrected chi connectivity index (χ0v) is 11.0. The lowest BCUT2D eigenvalue weighted by atomic mass is 10.00. The van der Waals surface area contributed by atoms with Crippen LogP contribution in [0.3, 0.4) is 0 Å². The van der Waals surface area contributed by atoms with Crippen molar-refractivity contribution in [3.8, 4) is 0 Å². The van der Waals surface area contributed by atoms with E-state index in [-0.39, 0.29) is 0 Å². The molecule has 0 aromatic carbocycles. The number of hydrogen-bond acceptors (Lipinski definition) is 3. The molecule has 0 saturated carbocycles. The van der Waals surface area contributed by atoms with Crippen molar-refractivity contribution in [1.82, 2.24) is 5.32 Å². The summed E-state index contributed by atoms with van der Waals surface area (Å²) >= 11 is 1.90. The average molecular weight is 239 g/mol. The summed E-state index contributed by atoms with van der Waals surface area (Å²) in [7, 11) is 0. The molecule has 1 atom stereocenters. The van der Waals surface area contributed by atoms with Crippen LogP contribution in [0.15, 0.2) is 12.1 Å². The van der Waals surface area contributed by atoms with Crippen LogP contribution in [0.5, 0.6) is 0 Å². The Morgan fingerprint density at radius 3 is 2.81 bits per heavy atom. The highest BCUT2D eigenvalue weighted by atomic mass is 32.1. The molecular formula is C13H21NOS. The average Bonchev–Trinajstić information content (AvgIpc) is 2.74. The van der Waals surface area contributed by atoms with E-state index in [4.69, 9.17) is 4.74 Å². The van der Waals surface area contributed by atoms with Crippen molar-refractivity contribution < 1.29 is 4.74 Å². The molecule has 2 heterocycles. The van der Waals surface area contributed by atoms with E-state index in [0.717, 1.165) is 25.7 Å². The molecule has 2 rings (SSSR count). The van der Waals surface area contributed by atoms with E-state index in [1.807, 2.05) is 11.3 Å². The SMILES string of the molecule is Cc1ccc(C(C)NCC2CCOCC2)s1. The highest BCUT2D eigenvalue weighted by molar-refractivity contribution is 7.12. The summed E-state index contributed by atoms with van der Waals surface area (Å²) in [5.74, 6) is 0.803. The molecule has 0 aliphatic carbocycles. The second-order valence-corrected chi connectivity index (χ2v) is 5.95. The summed E-state index contributed by atoms with van der Waals surface area (Å²) in [6.45, 7) is 7.43. The van der Waals surface area contributed by atoms with Crippen LogP contribution in [0.1, 0.15) is 35.6 Å². The topological polar surface area (TPSA) is 21.3 Å². The van der Waals surface area contributed by atoms with Crippen LogP contribution in [-0.2, 0) is 4.74 Å². The Bertz CT molecular complexity index is 317. The van der Waals surface area contributed by atoms with Crippen molar-refractivity contribution in [2.45, 2.75) is 32.7 Å². The molecule has 1 aliphatic rings. The first kappa shape index (κ1) is 12.1. The molecule has 1 aliphatic heterocycles. The molecule has 0 amide bonds. The minimum absolute atomic E-state index is 0.488. The molecule has 2 nitrogen and oxygen atoms in total. The Kier molecular flexibility index (Phi) is 4.38. The fourth-order valence-electron chi connectivity index (χ4n) is 2.08. The monoisotopic (exact) mass is 239 g/mol. The second-order valence-electron chi connectivity index (χ2n) is 4.63. The summed E-state index contributed by atoms with van der Waals surface area (Å²) in [6.07, 6.45) is 2.42. The largest absolute Gasteiger partial charge is 0.381 e. The third-order valence-electron chi connectivity index (χ3n) is 3.24. The van der Waals surface area contributed by atoms with Crippen LogP contribution in [0, 0.1) is 12.8 Å². The fraction of sp³-hybridized carbons (Fsp3) is 0.692. The summed E-state index contributed by atoms with van der Waals surface area (Å²) in [5, 5.41) is 3.64. The highest BCUT2D eigenvalue weighted by Crippen LogP contribution is 2.23. The summed E-state index contributed by atoms with van der Waals surface area (Å²) in [5.41, 5.74) is 0. The first-order valence-corrected chi connectivity index (χ1v) is 6.95. The maximum atomic E-state index is 5.37. The molecule has 0 spiro atoms. The van der Waals surface area contributed by atoms with E-state index in [9.17, 15) is 0 Å². The highest BCUT2D eigenvalue weighted by Gasteiger charge is 2.15. The first-order valence-electron chi connectivity index (χ1n) is 6.13. The lowest BCUT2D eigenvalue weighted by Crippen LogP contribution is -2.29. The van der Waals surface area contributed by atoms with Gasteiger partial charge in [0.1, 0.15) is 0 Å². The van der Waals surface area contributed by atoms with Crippen LogP contribution in [0.2, 0.25) is 0 Å². The number of aryl methyl sites for hydroxylation is 1. The van der Waals surface area contributed by atoms with Crippen LogP contribution in [-0.4, -0.2) is 19.8 Å². The van der Waals surface area contributed by atoms with Gasteiger partial charge in [-0.3, -0.25) is 0 Å². The number of hydrogen-bond donors (Lipinski definition) is 1. The molecule has 1 saturated heterocycles. The quantitative estimate of drug-likeness (QED) is 0.871. The van der Waals surface area contributed by atoms with Gasteiger partial charge in [0.25, 0.3) is 0 Å². The summed E-state index contributed by atoms with van der Waals surface area (Å²) < 4.78 is 5.37. The van der Waals surface area contributed by atoms with E-state index < -0.39 is 0 Å². The molecule has 90 valence electrons. The van der Waals surface area contributed by atoms with Gasteiger partial charge in [-0.1, -0.05) is 0 Å². The van der Waals surface area contributed by atoms with Gasteiger partial charge in [-0.05, 0) is 51.3 Å². The predicted octanol–water partition coefficient (Wildman–Crippen LogP) is 3.13. The van der Waals surface area contributed by atoms with Gasteiger partial charge in [-0.25, -0.2) is 0 Å². The van der Waals surface area contributed by atoms with Gasteiger partial charge in [-0.2, -0.15) is 0 Å². The van der Waals surface area contributed by atoms with E-state index in [1.54, 1.807) is 0 Å². The standard InChI is InChI=1S/C13H21NOS/c1-10-3-4-13(16-10)11(2)14-9-12-5-7-15-8-6-12/h3-4,11-12,14H,5-9H2,1-2H3. The zero-order valence-electron chi connectivity index (χ0n) is 10.2. The van der Waals surface area contributed by atoms with Gasteiger partial charge >= 0.3 is 0 Å². The fourth-order valence-corrected chi connectivity index (χ4v) is 2.98. The van der Waals surface area contributed by atoms with Gasteiger partial charge in [0, 0.05) is 29.0 Å². The van der Waals surface area contributed by atoms with Gasteiger partial charge in [-0.15, -0.1) is 11.3 Å². The van der Waals surface area contributed by atoms with E-state index >= 15 is 0 Å². The van der Waals surface area contributed by atoms with Crippen molar-refractivity contribution in [3.63, 3.8) is 0 Å². The molecule has 1 unspecified atom stereocenters. The number of nitrogens with one attached hydrogen (secondary N) is 1. The molecule has 16 heavy (non-hydrogen) atoms. The zero-order chi connectivity index (χ0) is 11.4. The van der Waals surface area contributed by atoms with Crippen LogP contribution >= 0.6 is 11.3 Å². The Labute approximate surface area is 102 Å². The summed E-state index contributed by atoms with van der Waals surface area (Å²) in [6, 6.07) is 4.93. The van der Waals surface area contributed by atoms with E-state index in [1.165, 1.54) is 22.6 Å².